The van der Waals surface area contributed by atoms with Gasteiger partial charge in [0.2, 0.25) is 17.6 Å². The Kier molecular flexibility index (Phi) is 11.1. The molecule has 248 valence electrons. The van der Waals surface area contributed by atoms with Crippen LogP contribution in [0.5, 0.6) is 0 Å². The van der Waals surface area contributed by atoms with Gasteiger partial charge in [0.25, 0.3) is 5.91 Å². The summed E-state index contributed by atoms with van der Waals surface area (Å²) >= 11 is 0. The van der Waals surface area contributed by atoms with Gasteiger partial charge in [-0.05, 0) is 68.1 Å². The molecule has 5 N–H and O–H groups in total. The monoisotopic (exact) mass is 619 g/mol. The van der Waals surface area contributed by atoms with Gasteiger partial charge in [0.15, 0.2) is 0 Å². The summed E-state index contributed by atoms with van der Waals surface area (Å²) in [6.45, 7) is 15.3. The highest BCUT2D eigenvalue weighted by molar-refractivity contribution is 6.37. The lowest BCUT2D eigenvalue weighted by atomic mass is 9.79. The van der Waals surface area contributed by atoms with Crippen LogP contribution in [0.4, 0.5) is 4.79 Å². The fraction of sp³-hybridized carbons (Fsp3) is 0.812. The molecule has 1 heterocycles. The van der Waals surface area contributed by atoms with E-state index < -0.39 is 65.1 Å². The van der Waals surface area contributed by atoms with E-state index in [0.29, 0.717) is 12.8 Å². The summed E-state index contributed by atoms with van der Waals surface area (Å²) in [5.74, 6) is -3.27. The molecule has 0 radical (unpaired) electrons. The normalized spacial score (nSPS) is 22.8. The standard InChI is InChI=1S/C32H53N5O7/c1-17(2)44-29(42)23(19-10-9-11-19)35-30(43)36-25(32(6,7)8)28(41)37-16-20(31(3,4)5)15-22(37)27(40)34-21(14-18-12-13-18)24(38)26(33)39/h17-23,25H,9-16H2,1-8H3,(H2,33,39)(H,34,40)(H2,35,36,43)/t20-,21?,22+,23+,25-/m1/s1. The predicted molar refractivity (Wildman–Crippen MR) is 164 cm³/mol. The molecule has 2 saturated carbocycles. The van der Waals surface area contributed by atoms with E-state index >= 15 is 0 Å². The van der Waals surface area contributed by atoms with Gasteiger partial charge in [0.1, 0.15) is 18.1 Å². The van der Waals surface area contributed by atoms with Crippen molar-refractivity contribution in [3.63, 3.8) is 0 Å². The molecule has 0 spiro atoms. The second kappa shape index (κ2) is 13.9. The van der Waals surface area contributed by atoms with Crippen molar-refractivity contribution < 1.29 is 33.5 Å². The molecule has 5 amide bonds. The van der Waals surface area contributed by atoms with Crippen LogP contribution in [0.3, 0.4) is 0 Å². The molecule has 0 aromatic heterocycles. The molecule has 12 nitrogen and oxygen atoms in total. The van der Waals surface area contributed by atoms with Crippen molar-refractivity contribution >= 4 is 35.5 Å². The van der Waals surface area contributed by atoms with Gasteiger partial charge in [0.05, 0.1) is 12.1 Å². The fourth-order valence-corrected chi connectivity index (χ4v) is 5.89. The Bertz CT molecular complexity index is 1120. The van der Waals surface area contributed by atoms with Crippen LogP contribution in [0.2, 0.25) is 0 Å². The summed E-state index contributed by atoms with van der Waals surface area (Å²) in [7, 11) is 0. The zero-order valence-electron chi connectivity index (χ0n) is 27.7. The summed E-state index contributed by atoms with van der Waals surface area (Å²) in [6, 6.07) is -4.49. The molecule has 12 heteroatoms. The van der Waals surface area contributed by atoms with E-state index in [1.807, 2.05) is 41.5 Å². The highest BCUT2D eigenvalue weighted by Crippen LogP contribution is 2.39. The van der Waals surface area contributed by atoms with E-state index in [1.165, 1.54) is 4.90 Å². The third kappa shape index (κ3) is 9.17. The minimum atomic E-state index is -1.11. The number of nitrogens with two attached hydrogens (primary N) is 1. The summed E-state index contributed by atoms with van der Waals surface area (Å²) in [4.78, 5) is 79.9. The Morgan fingerprint density at radius 1 is 0.909 bits per heavy atom. The van der Waals surface area contributed by atoms with Gasteiger partial charge in [-0.15, -0.1) is 0 Å². The molecule has 1 saturated heterocycles. The van der Waals surface area contributed by atoms with E-state index in [-0.39, 0.29) is 35.8 Å². The number of ketones is 1. The van der Waals surface area contributed by atoms with Crippen LogP contribution in [0.25, 0.3) is 0 Å². The van der Waals surface area contributed by atoms with Crippen molar-refractivity contribution in [2.24, 2.45) is 34.3 Å². The summed E-state index contributed by atoms with van der Waals surface area (Å²) < 4.78 is 5.39. The number of Topliss-reactive ketones (excluding diaryl/α,β-unsaturated/α-hetero) is 1. The molecule has 3 rings (SSSR count). The maximum atomic E-state index is 14.3. The fourth-order valence-electron chi connectivity index (χ4n) is 5.89. The lowest BCUT2D eigenvalue weighted by Crippen LogP contribution is -2.61. The number of rotatable bonds is 12. The van der Waals surface area contributed by atoms with Crippen molar-refractivity contribution in [1.29, 1.82) is 0 Å². The third-order valence-corrected chi connectivity index (χ3v) is 9.16. The van der Waals surface area contributed by atoms with Gasteiger partial charge >= 0.3 is 12.0 Å². The molecule has 44 heavy (non-hydrogen) atoms. The molecule has 0 aromatic rings. The number of likely N-dealkylation sites (tertiary alicyclic amines) is 1. The first-order chi connectivity index (χ1) is 20.3. The third-order valence-electron chi connectivity index (χ3n) is 9.16. The number of amides is 5. The SMILES string of the molecule is CC(C)OC(=O)[C@@H](NC(=O)N[C@H](C(=O)N1C[C@H](C(C)(C)C)C[C@H]1C(=O)NC(CC1CC1)C(=O)C(N)=O)C(C)(C)C)C1CCC1. The summed E-state index contributed by atoms with van der Waals surface area (Å²) in [5, 5.41) is 8.29. The van der Waals surface area contributed by atoms with E-state index in [4.69, 9.17) is 10.5 Å². The van der Waals surface area contributed by atoms with Crippen LogP contribution in [0, 0.1) is 28.6 Å². The van der Waals surface area contributed by atoms with Crippen LogP contribution in [-0.4, -0.2) is 77.2 Å². The molecule has 2 aliphatic carbocycles. The minimum Gasteiger partial charge on any atom is -0.461 e. The summed E-state index contributed by atoms with van der Waals surface area (Å²) in [6.07, 6.45) is 4.71. The van der Waals surface area contributed by atoms with Gasteiger partial charge in [-0.3, -0.25) is 19.2 Å². The van der Waals surface area contributed by atoms with Crippen molar-refractivity contribution in [2.45, 2.75) is 131 Å². The summed E-state index contributed by atoms with van der Waals surface area (Å²) in [5.41, 5.74) is 4.29. The number of esters is 1. The Labute approximate surface area is 261 Å². The molecule has 3 fully saturated rings. The highest BCUT2D eigenvalue weighted by atomic mass is 16.5. The van der Waals surface area contributed by atoms with Crippen molar-refractivity contribution in [2.75, 3.05) is 6.54 Å². The van der Waals surface area contributed by atoms with Gasteiger partial charge in [-0.1, -0.05) is 60.8 Å². The first-order valence-electron chi connectivity index (χ1n) is 16.0. The number of nitrogens with zero attached hydrogens (tertiary/aromatic N) is 1. The van der Waals surface area contributed by atoms with E-state index in [0.717, 1.165) is 32.1 Å². The number of urea groups is 1. The highest BCUT2D eigenvalue weighted by Gasteiger charge is 2.48. The zero-order chi connectivity index (χ0) is 33.1. The van der Waals surface area contributed by atoms with Crippen molar-refractivity contribution in [1.82, 2.24) is 20.9 Å². The Morgan fingerprint density at radius 3 is 1.98 bits per heavy atom. The number of hydrogen-bond donors (Lipinski definition) is 4. The largest absolute Gasteiger partial charge is 0.461 e. The number of carbonyl (C=O) groups excluding carboxylic acids is 6. The Balaban J connectivity index is 1.83. The zero-order valence-corrected chi connectivity index (χ0v) is 27.7. The average Bonchev–Trinajstić information content (AvgIpc) is 3.55. The number of nitrogens with one attached hydrogen (secondary N) is 3. The van der Waals surface area contributed by atoms with Gasteiger partial charge < -0.3 is 31.3 Å². The molecule has 0 bridgehead atoms. The molecule has 1 unspecified atom stereocenters. The number of ether oxygens (including phenoxy) is 1. The molecule has 0 aromatic carbocycles. The quantitative estimate of drug-likeness (QED) is 0.191. The van der Waals surface area contributed by atoms with Crippen LogP contribution in [-0.2, 0) is 28.7 Å². The first kappa shape index (κ1) is 35.3. The van der Waals surface area contributed by atoms with Crippen LogP contribution < -0.4 is 21.7 Å². The van der Waals surface area contributed by atoms with Crippen LogP contribution in [0.1, 0.15) is 100 Å². The van der Waals surface area contributed by atoms with Crippen molar-refractivity contribution in [3.05, 3.63) is 0 Å². The van der Waals surface area contributed by atoms with Gasteiger partial charge in [-0.2, -0.15) is 0 Å². The predicted octanol–water partition coefficient (Wildman–Crippen LogP) is 2.42. The maximum Gasteiger partial charge on any atom is 0.329 e. The Morgan fingerprint density at radius 2 is 1.52 bits per heavy atom. The Hall–Kier alpha value is -3.18. The van der Waals surface area contributed by atoms with E-state index in [9.17, 15) is 28.8 Å². The van der Waals surface area contributed by atoms with Gasteiger partial charge in [-0.25, -0.2) is 9.59 Å². The second-order valence-electron chi connectivity index (χ2n) is 15.3. The van der Waals surface area contributed by atoms with E-state index in [1.54, 1.807) is 13.8 Å². The molecular weight excluding hydrogens is 566 g/mol. The average molecular weight is 620 g/mol. The smallest absolute Gasteiger partial charge is 0.329 e. The molecular formula is C32H53N5O7. The van der Waals surface area contributed by atoms with Crippen LogP contribution in [0.15, 0.2) is 0 Å². The molecule has 1 aliphatic heterocycles. The minimum absolute atomic E-state index is 0.0401. The van der Waals surface area contributed by atoms with Crippen molar-refractivity contribution in [3.8, 4) is 0 Å². The lowest BCUT2D eigenvalue weighted by Gasteiger charge is -2.37. The van der Waals surface area contributed by atoms with Gasteiger partial charge in [0, 0.05) is 6.54 Å². The van der Waals surface area contributed by atoms with Crippen LogP contribution >= 0.6 is 0 Å². The lowest BCUT2D eigenvalue weighted by molar-refractivity contribution is -0.152. The molecule has 3 aliphatic rings. The first-order valence-corrected chi connectivity index (χ1v) is 16.0. The number of hydrogen-bond acceptors (Lipinski definition) is 7. The maximum absolute atomic E-state index is 14.3. The molecule has 5 atom stereocenters. The van der Waals surface area contributed by atoms with E-state index in [2.05, 4.69) is 16.0 Å². The topological polar surface area (TPSA) is 177 Å². The second-order valence-corrected chi connectivity index (χ2v) is 15.3. The number of primary amides is 1. The number of carbonyl (C=O) groups is 6.